The van der Waals surface area contributed by atoms with Crippen molar-refractivity contribution in [2.75, 3.05) is 23.5 Å². The van der Waals surface area contributed by atoms with Crippen LogP contribution in [0.4, 0.5) is 5.69 Å². The minimum Gasteiger partial charge on any atom is -0.307 e. The molecule has 108 valence electrons. The summed E-state index contributed by atoms with van der Waals surface area (Å²) in [5.41, 5.74) is 1.70. The Morgan fingerprint density at radius 3 is 3.00 bits per heavy atom. The number of aromatic nitrogens is 1. The van der Waals surface area contributed by atoms with E-state index >= 15 is 0 Å². The maximum atomic E-state index is 13.0. The lowest BCUT2D eigenvalue weighted by Crippen LogP contribution is -2.32. The fraction of sp³-hybridized carbons (Fsp3) is 0.250. The van der Waals surface area contributed by atoms with Crippen molar-refractivity contribution in [3.05, 3.63) is 48.2 Å². The zero-order valence-corrected chi connectivity index (χ0v) is 13.4. The first-order valence-corrected chi connectivity index (χ1v) is 9.05. The van der Waals surface area contributed by atoms with E-state index in [1.807, 2.05) is 53.2 Å². The summed E-state index contributed by atoms with van der Waals surface area (Å²) in [6, 6.07) is 11.8. The number of thioether (sulfide) groups is 2. The molecule has 1 amide bonds. The van der Waals surface area contributed by atoms with E-state index < -0.39 is 0 Å². The number of rotatable bonds is 2. The lowest BCUT2D eigenvalue weighted by Gasteiger charge is -2.23. The third-order valence-electron chi connectivity index (χ3n) is 3.38. The molecule has 0 aliphatic carbocycles. The Hall–Kier alpha value is -1.46. The number of nitrogens with zero attached hydrogens (tertiary/aromatic N) is 2. The highest BCUT2D eigenvalue weighted by atomic mass is 32.2. The number of hydrogen-bond donors (Lipinski definition) is 0. The molecule has 0 saturated carbocycles. The maximum Gasteiger partial charge on any atom is 0.261 e. The molecule has 3 rings (SSSR count). The number of hydrogen-bond acceptors (Lipinski definition) is 4. The van der Waals surface area contributed by atoms with Gasteiger partial charge in [-0.1, -0.05) is 12.1 Å². The summed E-state index contributed by atoms with van der Waals surface area (Å²) in [4.78, 5) is 20.3. The van der Waals surface area contributed by atoms with Crippen molar-refractivity contribution in [2.45, 2.75) is 16.3 Å². The SMILES string of the molecule is CSc1ncccc1C(=O)N1CCCSc2ccccc21. The van der Waals surface area contributed by atoms with E-state index in [-0.39, 0.29) is 5.91 Å². The van der Waals surface area contributed by atoms with E-state index in [2.05, 4.69) is 11.1 Å². The zero-order valence-electron chi connectivity index (χ0n) is 11.8. The van der Waals surface area contributed by atoms with Gasteiger partial charge in [-0.2, -0.15) is 0 Å². The van der Waals surface area contributed by atoms with E-state index in [1.54, 1.807) is 6.20 Å². The van der Waals surface area contributed by atoms with Gasteiger partial charge in [-0.3, -0.25) is 4.79 Å². The molecular formula is C16H16N2OS2. The predicted molar refractivity (Wildman–Crippen MR) is 89.5 cm³/mol. The van der Waals surface area contributed by atoms with Crippen molar-refractivity contribution in [1.29, 1.82) is 0 Å². The average molecular weight is 316 g/mol. The summed E-state index contributed by atoms with van der Waals surface area (Å²) in [5, 5.41) is 0.789. The fourth-order valence-electron chi connectivity index (χ4n) is 2.40. The lowest BCUT2D eigenvalue weighted by molar-refractivity contribution is 0.0983. The highest BCUT2D eigenvalue weighted by Crippen LogP contribution is 2.34. The van der Waals surface area contributed by atoms with Crippen LogP contribution < -0.4 is 4.90 Å². The van der Waals surface area contributed by atoms with Crippen LogP contribution >= 0.6 is 23.5 Å². The number of anilines is 1. The van der Waals surface area contributed by atoms with E-state index in [9.17, 15) is 4.79 Å². The summed E-state index contributed by atoms with van der Waals surface area (Å²) in [5.74, 6) is 1.09. The van der Waals surface area contributed by atoms with Gasteiger partial charge in [0.25, 0.3) is 5.91 Å². The number of amides is 1. The normalized spacial score (nSPS) is 14.4. The van der Waals surface area contributed by atoms with Crippen molar-refractivity contribution in [2.24, 2.45) is 0 Å². The molecule has 5 heteroatoms. The summed E-state index contributed by atoms with van der Waals surface area (Å²) in [7, 11) is 0. The van der Waals surface area contributed by atoms with Gasteiger partial charge < -0.3 is 4.90 Å². The average Bonchev–Trinajstić information content (AvgIpc) is 2.76. The maximum absolute atomic E-state index is 13.0. The molecule has 0 spiro atoms. The van der Waals surface area contributed by atoms with Crippen LogP contribution in [0, 0.1) is 0 Å². The summed E-state index contributed by atoms with van der Waals surface area (Å²) < 4.78 is 0. The van der Waals surface area contributed by atoms with Crippen LogP contribution in [0.2, 0.25) is 0 Å². The Labute approximate surface area is 133 Å². The van der Waals surface area contributed by atoms with Gasteiger partial charge in [-0.05, 0) is 42.7 Å². The first kappa shape index (κ1) is 14.5. The first-order valence-electron chi connectivity index (χ1n) is 6.84. The second-order valence-electron chi connectivity index (χ2n) is 4.69. The largest absolute Gasteiger partial charge is 0.307 e. The Morgan fingerprint density at radius 2 is 2.14 bits per heavy atom. The van der Waals surface area contributed by atoms with Crippen molar-refractivity contribution in [3.8, 4) is 0 Å². The molecule has 0 fully saturated rings. The van der Waals surface area contributed by atoms with E-state index in [0.717, 1.165) is 29.4 Å². The number of carbonyl (C=O) groups is 1. The van der Waals surface area contributed by atoms with Gasteiger partial charge in [0.2, 0.25) is 0 Å². The van der Waals surface area contributed by atoms with Crippen molar-refractivity contribution in [1.82, 2.24) is 4.98 Å². The Kier molecular flexibility index (Phi) is 4.51. The number of fused-ring (bicyclic) bond motifs is 1. The van der Waals surface area contributed by atoms with Crippen LogP contribution in [-0.4, -0.2) is 29.4 Å². The number of benzene rings is 1. The molecule has 0 unspecified atom stereocenters. The quantitative estimate of drug-likeness (QED) is 0.786. The second kappa shape index (κ2) is 6.54. The van der Waals surface area contributed by atoms with Crippen molar-refractivity contribution >= 4 is 35.1 Å². The monoisotopic (exact) mass is 316 g/mol. The standard InChI is InChI=1S/C16H16N2OS2/c1-20-15-12(6-4-9-17-15)16(19)18-10-5-11-21-14-8-3-2-7-13(14)18/h2-4,6-9H,5,10-11H2,1H3. The molecule has 2 aromatic rings. The Balaban J connectivity index is 2.01. The molecule has 0 N–H and O–H groups in total. The van der Waals surface area contributed by atoms with Crippen LogP contribution in [0.1, 0.15) is 16.8 Å². The molecule has 0 radical (unpaired) electrons. The van der Waals surface area contributed by atoms with Gasteiger partial charge in [0, 0.05) is 17.6 Å². The van der Waals surface area contributed by atoms with Crippen molar-refractivity contribution in [3.63, 3.8) is 0 Å². The lowest BCUT2D eigenvalue weighted by atomic mass is 10.2. The summed E-state index contributed by atoms with van der Waals surface area (Å²) >= 11 is 3.33. The van der Waals surface area contributed by atoms with Gasteiger partial charge >= 0.3 is 0 Å². The van der Waals surface area contributed by atoms with Gasteiger partial charge in [0.15, 0.2) is 0 Å². The number of para-hydroxylation sites is 1. The summed E-state index contributed by atoms with van der Waals surface area (Å²) in [6.07, 6.45) is 4.68. The number of pyridine rings is 1. The smallest absolute Gasteiger partial charge is 0.261 e. The van der Waals surface area contributed by atoms with Crippen LogP contribution in [0.15, 0.2) is 52.5 Å². The van der Waals surface area contributed by atoms with E-state index in [0.29, 0.717) is 5.56 Å². The Bertz CT molecular complexity index is 660. The van der Waals surface area contributed by atoms with Crippen LogP contribution in [0.5, 0.6) is 0 Å². The minimum absolute atomic E-state index is 0.0439. The van der Waals surface area contributed by atoms with Gasteiger partial charge in [0.05, 0.1) is 11.3 Å². The van der Waals surface area contributed by atoms with Gasteiger partial charge in [0.1, 0.15) is 5.03 Å². The third-order valence-corrected chi connectivity index (χ3v) is 5.24. The molecule has 1 aromatic heterocycles. The van der Waals surface area contributed by atoms with E-state index in [1.165, 1.54) is 16.7 Å². The molecule has 21 heavy (non-hydrogen) atoms. The molecule has 0 saturated heterocycles. The summed E-state index contributed by atoms with van der Waals surface area (Å²) in [6.45, 7) is 0.756. The highest BCUT2D eigenvalue weighted by Gasteiger charge is 2.24. The van der Waals surface area contributed by atoms with E-state index in [4.69, 9.17) is 0 Å². The highest BCUT2D eigenvalue weighted by molar-refractivity contribution is 7.99. The van der Waals surface area contributed by atoms with Gasteiger partial charge in [-0.25, -0.2) is 4.98 Å². The Morgan fingerprint density at radius 1 is 1.29 bits per heavy atom. The molecule has 1 aliphatic heterocycles. The molecule has 3 nitrogen and oxygen atoms in total. The second-order valence-corrected chi connectivity index (χ2v) is 6.62. The number of carbonyl (C=O) groups excluding carboxylic acids is 1. The first-order chi connectivity index (χ1) is 10.3. The minimum atomic E-state index is 0.0439. The predicted octanol–water partition coefficient (Wildman–Crippen LogP) is 3.95. The zero-order chi connectivity index (χ0) is 14.7. The third kappa shape index (κ3) is 2.94. The van der Waals surface area contributed by atoms with Crippen LogP contribution in [-0.2, 0) is 0 Å². The van der Waals surface area contributed by atoms with Crippen LogP contribution in [0.25, 0.3) is 0 Å². The fourth-order valence-corrected chi connectivity index (χ4v) is 3.94. The topological polar surface area (TPSA) is 33.2 Å². The molecule has 1 aromatic carbocycles. The molecule has 0 atom stereocenters. The van der Waals surface area contributed by atoms with Crippen molar-refractivity contribution < 1.29 is 4.79 Å². The van der Waals surface area contributed by atoms with Crippen LogP contribution in [0.3, 0.4) is 0 Å². The molecule has 0 bridgehead atoms. The molecular weight excluding hydrogens is 300 g/mol. The molecule has 2 heterocycles. The van der Waals surface area contributed by atoms with Gasteiger partial charge in [-0.15, -0.1) is 23.5 Å². The molecule has 1 aliphatic rings.